The van der Waals surface area contributed by atoms with Crippen molar-refractivity contribution < 1.29 is 9.66 Å². The molecule has 21 heavy (non-hydrogen) atoms. The van der Waals surface area contributed by atoms with Gasteiger partial charge in [-0.15, -0.1) is 0 Å². The van der Waals surface area contributed by atoms with Crippen molar-refractivity contribution in [2.75, 3.05) is 7.05 Å². The van der Waals surface area contributed by atoms with Gasteiger partial charge in [0.15, 0.2) is 5.75 Å². The van der Waals surface area contributed by atoms with Crippen molar-refractivity contribution in [2.45, 2.75) is 20.1 Å². The molecule has 0 aliphatic carbocycles. The third-order valence-corrected chi connectivity index (χ3v) is 3.08. The van der Waals surface area contributed by atoms with E-state index in [-0.39, 0.29) is 18.0 Å². The molecule has 1 aromatic carbocycles. The van der Waals surface area contributed by atoms with Gasteiger partial charge in [0.25, 0.3) is 0 Å². The quantitative estimate of drug-likeness (QED) is 0.649. The number of hydrogen-bond acceptors (Lipinski definition) is 5. The molecule has 0 fully saturated rings. The minimum atomic E-state index is -0.438. The summed E-state index contributed by atoms with van der Waals surface area (Å²) in [4.78, 5) is 10.6. The molecule has 0 radical (unpaired) electrons. The van der Waals surface area contributed by atoms with E-state index in [4.69, 9.17) is 4.74 Å². The van der Waals surface area contributed by atoms with Crippen molar-refractivity contribution >= 4 is 5.69 Å². The molecule has 1 aromatic heterocycles. The van der Waals surface area contributed by atoms with Crippen LogP contribution in [-0.2, 0) is 20.2 Å². The van der Waals surface area contributed by atoms with Crippen LogP contribution in [0.2, 0.25) is 0 Å². The molecule has 0 atom stereocenters. The maximum absolute atomic E-state index is 11.1. The van der Waals surface area contributed by atoms with Crippen LogP contribution in [0.1, 0.15) is 17.0 Å². The second-order valence-corrected chi connectivity index (χ2v) is 4.78. The van der Waals surface area contributed by atoms with Crippen LogP contribution in [0, 0.1) is 17.0 Å². The van der Waals surface area contributed by atoms with Gasteiger partial charge < -0.3 is 10.1 Å². The number of nitro groups is 1. The predicted octanol–water partition coefficient (Wildman–Crippen LogP) is 1.94. The van der Waals surface area contributed by atoms with Gasteiger partial charge in [0.2, 0.25) is 0 Å². The standard InChI is InChI=1S/C14H18N4O3/c1-10-6-12(17(3)16-10)9-21-14-7-11(8-15-2)4-5-13(14)18(19)20/h4-7,15H,8-9H2,1-3H3. The molecule has 1 heterocycles. The average Bonchev–Trinajstić information content (AvgIpc) is 2.75. The van der Waals surface area contributed by atoms with Crippen molar-refractivity contribution in [3.63, 3.8) is 0 Å². The van der Waals surface area contributed by atoms with E-state index in [0.717, 1.165) is 17.0 Å². The molecule has 2 aromatic rings. The van der Waals surface area contributed by atoms with Crippen LogP contribution in [0.3, 0.4) is 0 Å². The summed E-state index contributed by atoms with van der Waals surface area (Å²) in [5, 5.41) is 18.3. The fraction of sp³-hybridized carbons (Fsp3) is 0.357. The molecule has 7 heteroatoms. The summed E-state index contributed by atoms with van der Waals surface area (Å²) in [6.45, 7) is 2.75. The SMILES string of the molecule is CNCc1ccc([N+](=O)[O-])c(OCc2cc(C)nn2C)c1. The van der Waals surface area contributed by atoms with Crippen molar-refractivity contribution in [3.8, 4) is 5.75 Å². The van der Waals surface area contributed by atoms with Crippen LogP contribution in [-0.4, -0.2) is 21.8 Å². The molecule has 0 unspecified atom stereocenters. The predicted molar refractivity (Wildman–Crippen MR) is 78.1 cm³/mol. The van der Waals surface area contributed by atoms with Crippen LogP contribution in [0.5, 0.6) is 5.75 Å². The van der Waals surface area contributed by atoms with E-state index in [1.54, 1.807) is 16.8 Å². The first-order valence-electron chi connectivity index (χ1n) is 6.55. The van der Waals surface area contributed by atoms with Crippen LogP contribution in [0.15, 0.2) is 24.3 Å². The van der Waals surface area contributed by atoms with E-state index in [1.807, 2.05) is 27.1 Å². The van der Waals surface area contributed by atoms with Gasteiger partial charge in [0.05, 0.1) is 16.3 Å². The fourth-order valence-corrected chi connectivity index (χ4v) is 2.09. The zero-order valence-corrected chi connectivity index (χ0v) is 12.3. The second kappa shape index (κ2) is 6.36. The van der Waals surface area contributed by atoms with E-state index in [0.29, 0.717) is 6.54 Å². The van der Waals surface area contributed by atoms with E-state index in [2.05, 4.69) is 10.4 Å². The number of ether oxygens (including phenoxy) is 1. The van der Waals surface area contributed by atoms with E-state index in [9.17, 15) is 10.1 Å². The minimum absolute atomic E-state index is 0.0336. The molecule has 0 spiro atoms. The first-order chi connectivity index (χ1) is 10.0. The van der Waals surface area contributed by atoms with Crippen LogP contribution in [0.4, 0.5) is 5.69 Å². The average molecular weight is 290 g/mol. The Labute approximate surface area is 122 Å². The minimum Gasteiger partial charge on any atom is -0.480 e. The number of rotatable bonds is 6. The number of aromatic nitrogens is 2. The third-order valence-electron chi connectivity index (χ3n) is 3.08. The monoisotopic (exact) mass is 290 g/mol. The molecular formula is C14H18N4O3. The summed E-state index contributed by atoms with van der Waals surface area (Å²) in [5.41, 5.74) is 2.64. The Morgan fingerprint density at radius 2 is 2.19 bits per heavy atom. The van der Waals surface area contributed by atoms with Crippen molar-refractivity contribution in [1.29, 1.82) is 0 Å². The Kier molecular flexibility index (Phi) is 4.54. The Bertz CT molecular complexity index is 652. The van der Waals surface area contributed by atoms with Gasteiger partial charge in [-0.3, -0.25) is 14.8 Å². The highest BCUT2D eigenvalue weighted by Crippen LogP contribution is 2.28. The summed E-state index contributed by atoms with van der Waals surface area (Å²) < 4.78 is 7.34. The number of nitro benzene ring substituents is 1. The Hall–Kier alpha value is -2.41. The first-order valence-corrected chi connectivity index (χ1v) is 6.55. The topological polar surface area (TPSA) is 82.2 Å². The molecule has 7 nitrogen and oxygen atoms in total. The number of hydrogen-bond donors (Lipinski definition) is 1. The highest BCUT2D eigenvalue weighted by Gasteiger charge is 2.16. The summed E-state index contributed by atoms with van der Waals surface area (Å²) in [7, 11) is 3.64. The summed E-state index contributed by atoms with van der Waals surface area (Å²) in [6.07, 6.45) is 0. The van der Waals surface area contributed by atoms with E-state index < -0.39 is 4.92 Å². The molecule has 0 saturated heterocycles. The number of benzene rings is 1. The van der Waals surface area contributed by atoms with Crippen molar-refractivity contribution in [3.05, 3.63) is 51.3 Å². The molecule has 0 bridgehead atoms. The maximum atomic E-state index is 11.1. The second-order valence-electron chi connectivity index (χ2n) is 4.78. The molecule has 2 rings (SSSR count). The number of nitrogens with zero attached hydrogens (tertiary/aromatic N) is 3. The number of nitrogens with one attached hydrogen (secondary N) is 1. The zero-order chi connectivity index (χ0) is 15.4. The highest BCUT2D eigenvalue weighted by atomic mass is 16.6. The Balaban J connectivity index is 2.22. The summed E-state index contributed by atoms with van der Waals surface area (Å²) >= 11 is 0. The lowest BCUT2D eigenvalue weighted by atomic mass is 10.2. The largest absolute Gasteiger partial charge is 0.480 e. The van der Waals surface area contributed by atoms with Crippen LogP contribution < -0.4 is 10.1 Å². The molecule has 0 aliphatic heterocycles. The molecule has 112 valence electrons. The lowest BCUT2D eigenvalue weighted by Crippen LogP contribution is -2.07. The molecule has 0 aliphatic rings. The highest BCUT2D eigenvalue weighted by molar-refractivity contribution is 5.48. The van der Waals surface area contributed by atoms with Crippen LogP contribution in [0.25, 0.3) is 0 Å². The van der Waals surface area contributed by atoms with Gasteiger partial charge in [-0.25, -0.2) is 0 Å². The lowest BCUT2D eigenvalue weighted by Gasteiger charge is -2.09. The zero-order valence-electron chi connectivity index (χ0n) is 12.3. The van der Waals surface area contributed by atoms with E-state index in [1.165, 1.54) is 6.07 Å². The number of aryl methyl sites for hydroxylation is 2. The van der Waals surface area contributed by atoms with Crippen molar-refractivity contribution in [1.82, 2.24) is 15.1 Å². The van der Waals surface area contributed by atoms with Crippen LogP contribution >= 0.6 is 0 Å². The van der Waals surface area contributed by atoms with Gasteiger partial charge in [0.1, 0.15) is 6.61 Å². The van der Waals surface area contributed by atoms with Gasteiger partial charge in [-0.2, -0.15) is 5.10 Å². The van der Waals surface area contributed by atoms with Gasteiger partial charge in [-0.05, 0) is 31.7 Å². The van der Waals surface area contributed by atoms with Gasteiger partial charge in [0, 0.05) is 19.7 Å². The van der Waals surface area contributed by atoms with Gasteiger partial charge in [-0.1, -0.05) is 6.07 Å². The van der Waals surface area contributed by atoms with E-state index >= 15 is 0 Å². The van der Waals surface area contributed by atoms with Gasteiger partial charge >= 0.3 is 5.69 Å². The lowest BCUT2D eigenvalue weighted by molar-refractivity contribution is -0.386. The molecule has 1 N–H and O–H groups in total. The Morgan fingerprint density at radius 3 is 2.76 bits per heavy atom. The maximum Gasteiger partial charge on any atom is 0.310 e. The smallest absolute Gasteiger partial charge is 0.310 e. The first kappa shape index (κ1) is 15.0. The van der Waals surface area contributed by atoms with Crippen molar-refractivity contribution in [2.24, 2.45) is 7.05 Å². The third kappa shape index (κ3) is 3.57. The molecule has 0 amide bonds. The normalized spacial score (nSPS) is 10.6. The molecule has 0 saturated carbocycles. The Morgan fingerprint density at radius 1 is 1.43 bits per heavy atom. The molecular weight excluding hydrogens is 272 g/mol. The fourth-order valence-electron chi connectivity index (χ4n) is 2.09. The summed E-state index contributed by atoms with van der Waals surface area (Å²) in [5.74, 6) is 0.270. The summed E-state index contributed by atoms with van der Waals surface area (Å²) in [6, 6.07) is 6.77.